The molecule has 2 N–H and O–H groups in total. The van der Waals surface area contributed by atoms with Crippen molar-refractivity contribution in [1.82, 2.24) is 0 Å². The molecule has 17 heavy (non-hydrogen) atoms. The molecule has 0 spiro atoms. The number of esters is 1. The summed E-state index contributed by atoms with van der Waals surface area (Å²) in [6, 6.07) is 0. The highest BCUT2D eigenvalue weighted by atomic mass is 16.6. The van der Waals surface area contributed by atoms with Crippen LogP contribution >= 0.6 is 0 Å². The third kappa shape index (κ3) is 1.23. The maximum absolute atomic E-state index is 11.6. The first-order chi connectivity index (χ1) is 8.00. The Morgan fingerprint density at radius 3 is 2.88 bits per heavy atom. The lowest BCUT2D eigenvalue weighted by atomic mass is 9.81. The van der Waals surface area contributed by atoms with Crippen molar-refractivity contribution in [2.24, 2.45) is 11.8 Å². The zero-order chi connectivity index (χ0) is 12.4. The molecule has 2 heterocycles. The second-order valence-corrected chi connectivity index (χ2v) is 4.86. The zero-order valence-corrected chi connectivity index (χ0v) is 9.49. The zero-order valence-electron chi connectivity index (χ0n) is 9.49. The molecule has 0 aromatic carbocycles. The Balaban J connectivity index is 1.98. The van der Waals surface area contributed by atoms with Gasteiger partial charge >= 0.3 is 5.97 Å². The molecule has 0 aromatic rings. The van der Waals surface area contributed by atoms with Gasteiger partial charge in [-0.1, -0.05) is 0 Å². The van der Waals surface area contributed by atoms with E-state index in [-0.39, 0.29) is 11.7 Å². The third-order valence-corrected chi connectivity index (χ3v) is 4.04. The van der Waals surface area contributed by atoms with Crippen LogP contribution in [0, 0.1) is 11.8 Å². The molecule has 2 fully saturated rings. The lowest BCUT2D eigenvalue weighted by molar-refractivity contribution is -0.157. The molecule has 0 radical (unpaired) electrons. The Hall–Kier alpha value is -1.11. The van der Waals surface area contributed by atoms with Crippen LogP contribution in [0.25, 0.3) is 0 Å². The summed E-state index contributed by atoms with van der Waals surface area (Å²) in [5.41, 5.74) is -0.357. The lowest BCUT2D eigenvalue weighted by Crippen LogP contribution is -2.43. The van der Waals surface area contributed by atoms with E-state index in [1.807, 2.05) is 0 Å². The summed E-state index contributed by atoms with van der Waals surface area (Å²) < 4.78 is 15.1. The number of carbonyl (C=O) groups excluding carboxylic acids is 1. The van der Waals surface area contributed by atoms with E-state index in [1.54, 1.807) is 6.92 Å². The van der Waals surface area contributed by atoms with Gasteiger partial charge in [0.15, 0.2) is 0 Å². The molecule has 6 unspecified atom stereocenters. The maximum atomic E-state index is 11.6. The average molecular weight is 242 g/mol. The largest absolute Gasteiger partial charge is 0.472 e. The summed E-state index contributed by atoms with van der Waals surface area (Å²) in [5.74, 6) is -1.48. The highest BCUT2D eigenvalue weighted by Gasteiger charge is 2.74. The third-order valence-electron chi connectivity index (χ3n) is 4.04. The fourth-order valence-electron chi connectivity index (χ4n) is 3.12. The molecule has 6 heteroatoms. The summed E-state index contributed by atoms with van der Waals surface area (Å²) in [6.45, 7) is 1.80. The van der Waals surface area contributed by atoms with Gasteiger partial charge in [-0.15, -0.1) is 0 Å². The smallest absolute Gasteiger partial charge is 0.337 e. The van der Waals surface area contributed by atoms with Crippen molar-refractivity contribution in [3.05, 3.63) is 11.8 Å². The summed E-state index contributed by atoms with van der Waals surface area (Å²) in [7, 11) is 1.27. The molecule has 3 aliphatic rings. The van der Waals surface area contributed by atoms with Crippen LogP contribution in [0.4, 0.5) is 0 Å². The number of hydrogen-bond acceptors (Lipinski definition) is 6. The van der Waals surface area contributed by atoms with Gasteiger partial charge in [-0.3, -0.25) is 0 Å². The molecule has 3 rings (SSSR count). The normalized spacial score (nSPS) is 50.8. The van der Waals surface area contributed by atoms with Gasteiger partial charge in [0.25, 0.3) is 0 Å². The Morgan fingerprint density at radius 1 is 1.53 bits per heavy atom. The SMILES string of the molecule is COC(=O)C1=COC(O)C2C1C(O)C1OC12C. The Bertz CT molecular complexity index is 405. The molecule has 0 bridgehead atoms. The quantitative estimate of drug-likeness (QED) is 0.460. The van der Waals surface area contributed by atoms with Gasteiger partial charge in [0.2, 0.25) is 6.29 Å². The van der Waals surface area contributed by atoms with Crippen molar-refractivity contribution in [1.29, 1.82) is 0 Å². The molecule has 0 amide bonds. The van der Waals surface area contributed by atoms with E-state index in [0.717, 1.165) is 0 Å². The van der Waals surface area contributed by atoms with E-state index in [1.165, 1.54) is 13.4 Å². The van der Waals surface area contributed by atoms with Crippen molar-refractivity contribution < 1.29 is 29.2 Å². The van der Waals surface area contributed by atoms with Gasteiger partial charge < -0.3 is 24.4 Å². The maximum Gasteiger partial charge on any atom is 0.337 e. The first-order valence-corrected chi connectivity index (χ1v) is 5.48. The number of carbonyl (C=O) groups is 1. The number of methoxy groups -OCH3 is 1. The lowest BCUT2D eigenvalue weighted by Gasteiger charge is -2.34. The van der Waals surface area contributed by atoms with Crippen LogP contribution in [-0.4, -0.2) is 47.4 Å². The first-order valence-electron chi connectivity index (χ1n) is 5.48. The van der Waals surface area contributed by atoms with E-state index in [9.17, 15) is 15.0 Å². The van der Waals surface area contributed by atoms with Crippen LogP contribution in [0.15, 0.2) is 11.8 Å². The van der Waals surface area contributed by atoms with Crippen LogP contribution < -0.4 is 0 Å². The molecular formula is C11H14O6. The highest BCUT2D eigenvalue weighted by Crippen LogP contribution is 2.60. The standard InChI is InChI=1S/C11H14O6/c1-11-6-5(7(12)8(11)17-11)4(9(13)15-2)3-16-10(6)14/h3,5-8,10,12,14H,1-2H3. The molecule has 1 aliphatic carbocycles. The van der Waals surface area contributed by atoms with Gasteiger partial charge in [0.05, 0.1) is 31.0 Å². The van der Waals surface area contributed by atoms with Crippen molar-refractivity contribution in [2.75, 3.05) is 7.11 Å². The fourth-order valence-corrected chi connectivity index (χ4v) is 3.12. The van der Waals surface area contributed by atoms with Gasteiger partial charge in [-0.25, -0.2) is 4.79 Å². The summed E-state index contributed by atoms with van der Waals surface area (Å²) in [5, 5.41) is 19.9. The van der Waals surface area contributed by atoms with Gasteiger partial charge in [0, 0.05) is 5.92 Å². The number of aliphatic hydroxyl groups excluding tert-OH is 2. The monoisotopic (exact) mass is 242 g/mol. The number of epoxide rings is 1. The van der Waals surface area contributed by atoms with E-state index in [4.69, 9.17) is 9.47 Å². The number of hydrogen-bond donors (Lipinski definition) is 2. The van der Waals surface area contributed by atoms with E-state index >= 15 is 0 Å². The molecule has 0 aromatic heterocycles. The van der Waals surface area contributed by atoms with Crippen LogP contribution in [0.5, 0.6) is 0 Å². The second-order valence-electron chi connectivity index (χ2n) is 4.86. The Labute approximate surface area is 97.8 Å². The summed E-state index contributed by atoms with van der Waals surface area (Å²) in [4.78, 5) is 11.6. The minimum atomic E-state index is -1.07. The number of ether oxygens (including phenoxy) is 3. The van der Waals surface area contributed by atoms with Gasteiger partial charge in [0.1, 0.15) is 11.7 Å². The van der Waals surface area contributed by atoms with Crippen LogP contribution in [0.1, 0.15) is 6.92 Å². The second kappa shape index (κ2) is 3.22. The minimum absolute atomic E-state index is 0.257. The number of aliphatic hydroxyl groups is 2. The van der Waals surface area contributed by atoms with E-state index in [0.29, 0.717) is 0 Å². The fraction of sp³-hybridized carbons (Fsp3) is 0.727. The first kappa shape index (κ1) is 11.0. The number of fused-ring (bicyclic) bond motifs is 3. The molecular weight excluding hydrogens is 228 g/mol. The van der Waals surface area contributed by atoms with Gasteiger partial charge in [-0.2, -0.15) is 0 Å². The van der Waals surface area contributed by atoms with Crippen molar-refractivity contribution in [3.8, 4) is 0 Å². The molecule has 6 atom stereocenters. The molecule has 94 valence electrons. The van der Waals surface area contributed by atoms with Crippen LogP contribution in [0.3, 0.4) is 0 Å². The minimum Gasteiger partial charge on any atom is -0.472 e. The topological polar surface area (TPSA) is 88.5 Å². The van der Waals surface area contributed by atoms with E-state index < -0.39 is 35.8 Å². The highest BCUT2D eigenvalue weighted by molar-refractivity contribution is 5.89. The molecule has 1 saturated heterocycles. The molecule has 6 nitrogen and oxygen atoms in total. The van der Waals surface area contributed by atoms with Crippen molar-refractivity contribution in [2.45, 2.75) is 31.0 Å². The molecule has 1 saturated carbocycles. The predicted molar refractivity (Wildman–Crippen MR) is 53.5 cm³/mol. The summed E-state index contributed by atoms with van der Waals surface area (Å²) in [6.07, 6.45) is -1.05. The number of rotatable bonds is 1. The van der Waals surface area contributed by atoms with Crippen molar-refractivity contribution in [3.63, 3.8) is 0 Å². The van der Waals surface area contributed by atoms with Crippen LogP contribution in [-0.2, 0) is 19.0 Å². The van der Waals surface area contributed by atoms with Crippen LogP contribution in [0.2, 0.25) is 0 Å². The average Bonchev–Trinajstić information content (AvgIpc) is 2.94. The Kier molecular flexibility index (Phi) is 2.08. The molecule has 2 aliphatic heterocycles. The predicted octanol–water partition coefficient (Wildman–Crippen LogP) is -0.844. The summed E-state index contributed by atoms with van der Waals surface area (Å²) >= 11 is 0. The Morgan fingerprint density at radius 2 is 2.24 bits per heavy atom. The van der Waals surface area contributed by atoms with E-state index in [2.05, 4.69) is 4.74 Å². The van der Waals surface area contributed by atoms with Crippen molar-refractivity contribution >= 4 is 5.97 Å². The van der Waals surface area contributed by atoms with Gasteiger partial charge in [-0.05, 0) is 6.92 Å².